The second-order valence-electron chi connectivity index (χ2n) is 9.33. The predicted molar refractivity (Wildman–Crippen MR) is 127 cm³/mol. The van der Waals surface area contributed by atoms with Crippen molar-refractivity contribution in [3.63, 3.8) is 0 Å². The van der Waals surface area contributed by atoms with Gasteiger partial charge in [-0.1, -0.05) is 0 Å². The summed E-state index contributed by atoms with van der Waals surface area (Å²) in [5.41, 5.74) is 1.61. The van der Waals surface area contributed by atoms with Crippen molar-refractivity contribution in [2.75, 3.05) is 5.32 Å². The average Bonchev–Trinajstić information content (AvgIpc) is 3.44. The smallest absolute Gasteiger partial charge is 0.410 e. The highest BCUT2D eigenvalue weighted by molar-refractivity contribution is 5.69. The van der Waals surface area contributed by atoms with Gasteiger partial charge in [-0.25, -0.2) is 23.8 Å². The van der Waals surface area contributed by atoms with Crippen LogP contribution in [0, 0.1) is 12.7 Å². The lowest BCUT2D eigenvalue weighted by Gasteiger charge is -2.38. The van der Waals surface area contributed by atoms with Crippen molar-refractivity contribution in [1.29, 1.82) is 0 Å². The van der Waals surface area contributed by atoms with Gasteiger partial charge < -0.3 is 19.7 Å². The van der Waals surface area contributed by atoms with E-state index in [0.717, 1.165) is 25.7 Å². The van der Waals surface area contributed by atoms with Gasteiger partial charge in [0.15, 0.2) is 0 Å². The molecule has 35 heavy (non-hydrogen) atoms. The molecular weight excluding hydrogens is 451 g/mol. The third-order valence-electron chi connectivity index (χ3n) is 6.53. The Labute approximate surface area is 203 Å². The molecule has 2 unspecified atom stereocenters. The molecular formula is C25H29FN6O3. The van der Waals surface area contributed by atoms with Crippen LogP contribution in [0.25, 0.3) is 5.69 Å². The third kappa shape index (κ3) is 4.78. The molecule has 2 saturated heterocycles. The maximum Gasteiger partial charge on any atom is 0.410 e. The molecule has 10 heteroatoms. The number of nitrogens with zero attached hydrogens (tertiary/aromatic N) is 5. The Morgan fingerprint density at radius 1 is 1.20 bits per heavy atom. The van der Waals surface area contributed by atoms with Crippen molar-refractivity contribution in [3.8, 4) is 11.6 Å². The fraction of sp³-hybridized carbons (Fsp3) is 0.440. The molecule has 3 aromatic rings. The Morgan fingerprint density at radius 2 is 1.97 bits per heavy atom. The Kier molecular flexibility index (Phi) is 6.27. The van der Waals surface area contributed by atoms with E-state index in [1.165, 1.54) is 12.4 Å². The van der Waals surface area contributed by atoms with E-state index in [-0.39, 0.29) is 30.4 Å². The van der Waals surface area contributed by atoms with E-state index in [9.17, 15) is 9.18 Å². The van der Waals surface area contributed by atoms with Crippen LogP contribution in [-0.4, -0.2) is 55.0 Å². The highest BCUT2D eigenvalue weighted by atomic mass is 19.1. The zero-order valence-corrected chi connectivity index (χ0v) is 20.0. The van der Waals surface area contributed by atoms with Crippen LogP contribution in [0.5, 0.6) is 5.88 Å². The maximum absolute atomic E-state index is 14.8. The van der Waals surface area contributed by atoms with Gasteiger partial charge in [-0.2, -0.15) is 5.10 Å². The topological polar surface area (TPSA) is 94.4 Å². The van der Waals surface area contributed by atoms with E-state index in [0.29, 0.717) is 28.6 Å². The van der Waals surface area contributed by atoms with Crippen molar-refractivity contribution in [1.82, 2.24) is 24.6 Å². The van der Waals surface area contributed by atoms with Gasteiger partial charge >= 0.3 is 6.09 Å². The summed E-state index contributed by atoms with van der Waals surface area (Å²) in [4.78, 5) is 23.0. The number of nitrogens with one attached hydrogen (secondary N) is 1. The number of hydrogen-bond donors (Lipinski definition) is 1. The number of amides is 1. The van der Waals surface area contributed by atoms with Crippen LogP contribution in [0.3, 0.4) is 0 Å². The van der Waals surface area contributed by atoms with E-state index < -0.39 is 5.82 Å². The molecule has 4 heterocycles. The van der Waals surface area contributed by atoms with Crippen LogP contribution >= 0.6 is 0 Å². The molecule has 2 aliphatic heterocycles. The lowest BCUT2D eigenvalue weighted by molar-refractivity contribution is 0.0207. The number of rotatable bonds is 6. The fourth-order valence-electron chi connectivity index (χ4n) is 4.92. The van der Waals surface area contributed by atoms with Gasteiger partial charge in [0.05, 0.1) is 23.0 Å². The molecule has 0 spiro atoms. The number of carbonyl (C=O) groups excluding carboxylic acids is 1. The number of ether oxygens (including phenoxy) is 2. The highest BCUT2D eigenvalue weighted by Crippen LogP contribution is 2.38. The number of aromatic nitrogens is 4. The minimum absolute atomic E-state index is 0.0675. The van der Waals surface area contributed by atoms with Gasteiger partial charge in [0.25, 0.3) is 0 Å². The lowest BCUT2D eigenvalue weighted by Crippen LogP contribution is -2.50. The minimum atomic E-state index is -0.421. The molecule has 0 radical (unpaired) electrons. The molecule has 1 aromatic carbocycles. The molecule has 9 nitrogen and oxygen atoms in total. The van der Waals surface area contributed by atoms with E-state index >= 15 is 0 Å². The largest absolute Gasteiger partial charge is 0.474 e. The molecule has 1 N–H and O–H groups in total. The Bertz CT molecular complexity index is 1190. The number of carbonyl (C=O) groups is 1. The summed E-state index contributed by atoms with van der Waals surface area (Å²) in [6.07, 6.45) is 7.69. The van der Waals surface area contributed by atoms with E-state index in [4.69, 9.17) is 9.47 Å². The predicted octanol–water partition coefficient (Wildman–Crippen LogP) is 4.77. The summed E-state index contributed by atoms with van der Waals surface area (Å²) in [5, 5.41) is 7.18. The van der Waals surface area contributed by atoms with Crippen LogP contribution in [0.15, 0.2) is 43.0 Å². The first kappa shape index (κ1) is 23.1. The average molecular weight is 481 g/mol. The van der Waals surface area contributed by atoms with E-state index in [1.54, 1.807) is 35.3 Å². The van der Waals surface area contributed by atoms with Crippen molar-refractivity contribution in [2.24, 2.45) is 0 Å². The number of hydrogen-bond acceptors (Lipinski definition) is 7. The summed E-state index contributed by atoms with van der Waals surface area (Å²) in [7, 11) is 0. The molecule has 1 amide bonds. The van der Waals surface area contributed by atoms with Crippen LogP contribution < -0.4 is 10.1 Å². The SMILES string of the molecule is Cc1c(Nc2ccc(-n3cccn3)cc2F)ncnc1OC1CC2CCC(C1)N2C(=O)OC(C)C. The molecule has 2 aliphatic rings. The molecule has 0 saturated carbocycles. The van der Waals surface area contributed by atoms with Gasteiger partial charge in [0, 0.05) is 43.4 Å². The van der Waals surface area contributed by atoms with Gasteiger partial charge in [-0.05, 0) is 51.8 Å². The number of fused-ring (bicyclic) bond motifs is 2. The number of piperidine rings is 1. The van der Waals surface area contributed by atoms with E-state index in [1.807, 2.05) is 25.7 Å². The van der Waals surface area contributed by atoms with Crippen LogP contribution in [-0.2, 0) is 4.74 Å². The van der Waals surface area contributed by atoms with Gasteiger partial charge in [0.2, 0.25) is 5.88 Å². The lowest BCUT2D eigenvalue weighted by atomic mass is 10.0. The number of halogens is 1. The van der Waals surface area contributed by atoms with Crippen molar-refractivity contribution < 1.29 is 18.7 Å². The van der Waals surface area contributed by atoms with Crippen molar-refractivity contribution in [3.05, 3.63) is 54.4 Å². The molecule has 0 aliphatic carbocycles. The van der Waals surface area contributed by atoms with Gasteiger partial charge in [0.1, 0.15) is 24.1 Å². The molecule has 2 atom stereocenters. The van der Waals surface area contributed by atoms with Gasteiger partial charge in [-0.3, -0.25) is 0 Å². The molecule has 2 bridgehead atoms. The standard InChI is InChI=1S/C25H29FN6O3/c1-15(2)34-25(33)32-18-5-6-19(32)12-20(11-18)35-24-16(3)23(27-14-28-24)30-22-8-7-17(13-21(22)26)31-10-4-9-29-31/h4,7-10,13-15,18-20H,5-6,11-12H2,1-3H3,(H,27,28,30). The highest BCUT2D eigenvalue weighted by Gasteiger charge is 2.45. The monoisotopic (exact) mass is 480 g/mol. The normalized spacial score (nSPS) is 21.3. The first-order valence-corrected chi connectivity index (χ1v) is 11.9. The second-order valence-corrected chi connectivity index (χ2v) is 9.33. The molecule has 5 rings (SSSR count). The minimum Gasteiger partial charge on any atom is -0.474 e. The zero-order chi connectivity index (χ0) is 24.5. The third-order valence-corrected chi connectivity index (χ3v) is 6.53. The molecule has 2 fully saturated rings. The van der Waals surface area contributed by atoms with Crippen LogP contribution in [0.2, 0.25) is 0 Å². The first-order valence-electron chi connectivity index (χ1n) is 11.9. The summed E-state index contributed by atoms with van der Waals surface area (Å²) < 4.78 is 28.1. The summed E-state index contributed by atoms with van der Waals surface area (Å²) in [6.45, 7) is 5.56. The molecule has 2 aromatic heterocycles. The number of benzene rings is 1. The van der Waals surface area contributed by atoms with Crippen molar-refractivity contribution in [2.45, 2.75) is 70.7 Å². The summed E-state index contributed by atoms with van der Waals surface area (Å²) in [5.74, 6) is 0.510. The maximum atomic E-state index is 14.8. The first-order chi connectivity index (χ1) is 16.9. The molecule has 184 valence electrons. The summed E-state index contributed by atoms with van der Waals surface area (Å²) in [6, 6.07) is 6.83. The second kappa shape index (κ2) is 9.52. The Balaban J connectivity index is 1.27. The Hall–Kier alpha value is -3.69. The van der Waals surface area contributed by atoms with Crippen LogP contribution in [0.1, 0.15) is 45.1 Å². The van der Waals surface area contributed by atoms with Crippen LogP contribution in [0.4, 0.5) is 20.7 Å². The zero-order valence-electron chi connectivity index (χ0n) is 20.0. The number of anilines is 2. The quantitative estimate of drug-likeness (QED) is 0.543. The van der Waals surface area contributed by atoms with Gasteiger partial charge in [-0.15, -0.1) is 0 Å². The summed E-state index contributed by atoms with van der Waals surface area (Å²) >= 11 is 0. The van der Waals surface area contributed by atoms with E-state index in [2.05, 4.69) is 20.4 Å². The van der Waals surface area contributed by atoms with Crippen molar-refractivity contribution >= 4 is 17.6 Å². The fourth-order valence-corrected chi connectivity index (χ4v) is 4.92. The Morgan fingerprint density at radius 3 is 2.63 bits per heavy atom.